The smallest absolute Gasteiger partial charge is 0.306 e. The average Bonchev–Trinajstić information content (AvgIpc) is 3.02. The minimum Gasteiger partial charge on any atom is -0.458 e. The quantitative estimate of drug-likeness (QED) is 0.462. The van der Waals surface area contributed by atoms with Gasteiger partial charge in [-0.1, -0.05) is 38.4 Å². The normalized spacial score (nSPS) is 41.6. The number of halogens is 1. The van der Waals surface area contributed by atoms with Crippen molar-refractivity contribution >= 4 is 29.3 Å². The summed E-state index contributed by atoms with van der Waals surface area (Å²) in [5, 5.41) is 0.743. The van der Waals surface area contributed by atoms with Crippen molar-refractivity contribution in [1.29, 1.82) is 0 Å². The third-order valence-corrected chi connectivity index (χ3v) is 9.74. The molecule has 4 aliphatic carbocycles. The Morgan fingerprint density at radius 1 is 1.03 bits per heavy atom. The lowest BCUT2D eigenvalue weighted by atomic mass is 9.48. The third-order valence-electron chi connectivity index (χ3n) is 9.41. The summed E-state index contributed by atoms with van der Waals surface area (Å²) in [5.41, 5.74) is -0.430. The maximum Gasteiger partial charge on any atom is 0.306 e. The number of carbonyl (C=O) groups excluding carboxylic acids is 3. The Hall–Kier alpha value is -1.62. The van der Waals surface area contributed by atoms with Gasteiger partial charge in [0, 0.05) is 23.8 Å². The molecule has 0 heterocycles. The van der Waals surface area contributed by atoms with E-state index >= 15 is 0 Å². The number of ether oxygens (including phenoxy) is 2. The van der Waals surface area contributed by atoms with Crippen molar-refractivity contribution in [3.63, 3.8) is 0 Å². The molecule has 0 aromatic heterocycles. The van der Waals surface area contributed by atoms with Gasteiger partial charge in [0.1, 0.15) is 6.10 Å². The zero-order valence-electron chi connectivity index (χ0n) is 20.5. The number of esters is 2. The van der Waals surface area contributed by atoms with E-state index in [4.69, 9.17) is 21.1 Å². The first-order valence-electron chi connectivity index (χ1n) is 12.5. The van der Waals surface area contributed by atoms with Crippen molar-refractivity contribution in [2.24, 2.45) is 28.6 Å². The molecule has 0 spiro atoms. The zero-order chi connectivity index (χ0) is 24.2. The molecule has 7 atom stereocenters. The molecule has 4 rings (SSSR count). The molecule has 2 fully saturated rings. The summed E-state index contributed by atoms with van der Waals surface area (Å²) in [7, 11) is 0. The van der Waals surface area contributed by atoms with Crippen LogP contribution in [-0.4, -0.2) is 29.4 Å². The van der Waals surface area contributed by atoms with Gasteiger partial charge < -0.3 is 9.47 Å². The van der Waals surface area contributed by atoms with Crippen LogP contribution < -0.4 is 0 Å². The predicted octanol–water partition coefficient (Wildman–Crippen LogP) is 5.89. The average molecular weight is 477 g/mol. The van der Waals surface area contributed by atoms with E-state index in [-0.39, 0.29) is 41.1 Å². The zero-order valence-corrected chi connectivity index (χ0v) is 21.3. The van der Waals surface area contributed by atoms with E-state index in [1.165, 1.54) is 6.92 Å². The van der Waals surface area contributed by atoms with Crippen molar-refractivity contribution in [3.05, 3.63) is 22.8 Å². The highest BCUT2D eigenvalue weighted by Gasteiger charge is 2.67. The number of allylic oxidation sites excluding steroid dienone is 3. The van der Waals surface area contributed by atoms with Gasteiger partial charge in [0.25, 0.3) is 0 Å². The van der Waals surface area contributed by atoms with Crippen LogP contribution in [0.1, 0.15) is 86.0 Å². The lowest BCUT2D eigenvalue weighted by Gasteiger charge is -2.58. The van der Waals surface area contributed by atoms with Crippen molar-refractivity contribution in [2.45, 2.75) is 97.7 Å². The van der Waals surface area contributed by atoms with Crippen molar-refractivity contribution < 1.29 is 23.9 Å². The second kappa shape index (κ2) is 8.55. The number of Topliss-reactive ketones (excluding diaryl/α,β-unsaturated/α-hetero) is 1. The molecule has 0 bridgehead atoms. The highest BCUT2D eigenvalue weighted by atomic mass is 35.5. The fourth-order valence-electron chi connectivity index (χ4n) is 7.79. The van der Waals surface area contributed by atoms with Crippen LogP contribution in [0.2, 0.25) is 0 Å². The van der Waals surface area contributed by atoms with Crippen molar-refractivity contribution in [3.8, 4) is 0 Å². The van der Waals surface area contributed by atoms with Gasteiger partial charge in [0.05, 0.1) is 0 Å². The second-order valence-electron chi connectivity index (χ2n) is 11.1. The lowest BCUT2D eigenvalue weighted by Crippen LogP contribution is -2.58. The molecule has 0 aromatic rings. The van der Waals surface area contributed by atoms with Gasteiger partial charge in [-0.15, -0.1) is 0 Å². The molecule has 33 heavy (non-hydrogen) atoms. The lowest BCUT2D eigenvalue weighted by molar-refractivity contribution is -0.185. The van der Waals surface area contributed by atoms with Crippen LogP contribution in [0.5, 0.6) is 0 Å². The molecule has 5 nitrogen and oxygen atoms in total. The molecular weight excluding hydrogens is 440 g/mol. The van der Waals surface area contributed by atoms with Gasteiger partial charge in [-0.2, -0.15) is 0 Å². The molecule has 0 N–H and O–H groups in total. The molecule has 6 heteroatoms. The summed E-state index contributed by atoms with van der Waals surface area (Å²) < 4.78 is 11.5. The topological polar surface area (TPSA) is 69.7 Å². The van der Waals surface area contributed by atoms with Crippen LogP contribution in [0.25, 0.3) is 0 Å². The van der Waals surface area contributed by atoms with Crippen LogP contribution in [0.3, 0.4) is 0 Å². The highest BCUT2D eigenvalue weighted by Crippen LogP contribution is 2.68. The van der Waals surface area contributed by atoms with Gasteiger partial charge in [-0.05, 0) is 86.7 Å². The SMILES string of the molecule is CCCC(=O)O[C@@H]1C=C2C(Cl)=C[C@@H]3[C@H](CC[C@@]4(C)[C@H]3CC[C@]4(OC(C)=O)C(C)=O)[C@@]2(C)CC1. The number of hydrogen-bond acceptors (Lipinski definition) is 5. The Labute approximate surface area is 202 Å². The third kappa shape index (κ3) is 3.69. The van der Waals surface area contributed by atoms with Gasteiger partial charge >= 0.3 is 11.9 Å². The van der Waals surface area contributed by atoms with Gasteiger partial charge in [-0.25, -0.2) is 0 Å². The largest absolute Gasteiger partial charge is 0.458 e. The maximum atomic E-state index is 12.9. The summed E-state index contributed by atoms with van der Waals surface area (Å²) in [5.74, 6) is 0.271. The molecular formula is C27H37ClO5. The Balaban J connectivity index is 1.68. The van der Waals surface area contributed by atoms with Gasteiger partial charge in [-0.3, -0.25) is 14.4 Å². The van der Waals surface area contributed by atoms with Crippen LogP contribution in [-0.2, 0) is 23.9 Å². The molecule has 182 valence electrons. The summed E-state index contributed by atoms with van der Waals surface area (Å²) in [6, 6.07) is 0. The standard InChI is InChI=1S/C27H37ClO5/c1-6-7-24(31)32-18-8-11-25(4)20-9-12-26(5)21(19(20)15-23(28)22(25)14-18)10-13-27(26,16(2)29)33-17(3)30/h14-15,18-21H,6-13H2,1-5H3/t18-,19+,20-,21-,25+,26-,27-/m0/s1. The molecule has 0 radical (unpaired) electrons. The Bertz CT molecular complexity index is 921. The Morgan fingerprint density at radius 2 is 1.73 bits per heavy atom. The van der Waals surface area contributed by atoms with E-state index in [9.17, 15) is 14.4 Å². The number of rotatable bonds is 5. The van der Waals surface area contributed by atoms with Gasteiger partial charge in [0.2, 0.25) is 0 Å². The first-order chi connectivity index (χ1) is 15.5. The number of hydrogen-bond donors (Lipinski definition) is 0. The van der Waals surface area contributed by atoms with Crippen LogP contribution >= 0.6 is 11.6 Å². The molecule has 0 aromatic carbocycles. The van der Waals surface area contributed by atoms with E-state index in [0.29, 0.717) is 18.8 Å². The minimum atomic E-state index is -1.04. The summed E-state index contributed by atoms with van der Waals surface area (Å²) in [4.78, 5) is 36.9. The minimum absolute atomic E-state index is 0.0479. The maximum absolute atomic E-state index is 12.9. The molecule has 0 saturated heterocycles. The van der Waals surface area contributed by atoms with Crippen LogP contribution in [0.4, 0.5) is 0 Å². The number of carbonyl (C=O) groups is 3. The molecule has 0 unspecified atom stereocenters. The van der Waals surface area contributed by atoms with Crippen molar-refractivity contribution in [2.75, 3.05) is 0 Å². The summed E-state index contributed by atoms with van der Waals surface area (Å²) in [6.45, 7) is 9.38. The van der Waals surface area contributed by atoms with E-state index in [1.807, 2.05) is 6.92 Å². The molecule has 2 saturated carbocycles. The number of ketones is 1. The molecule has 0 amide bonds. The first kappa shape index (κ1) is 24.5. The molecule has 4 aliphatic rings. The Morgan fingerprint density at radius 3 is 2.36 bits per heavy atom. The monoisotopic (exact) mass is 476 g/mol. The van der Waals surface area contributed by atoms with Crippen molar-refractivity contribution in [1.82, 2.24) is 0 Å². The van der Waals surface area contributed by atoms with Crippen LogP contribution in [0.15, 0.2) is 22.8 Å². The first-order valence-corrected chi connectivity index (χ1v) is 12.9. The Kier molecular flexibility index (Phi) is 6.35. The summed E-state index contributed by atoms with van der Waals surface area (Å²) >= 11 is 6.92. The highest BCUT2D eigenvalue weighted by molar-refractivity contribution is 6.32. The van der Waals surface area contributed by atoms with E-state index in [0.717, 1.165) is 49.1 Å². The second-order valence-corrected chi connectivity index (χ2v) is 11.5. The van der Waals surface area contributed by atoms with Crippen LogP contribution in [0, 0.1) is 28.6 Å². The summed E-state index contributed by atoms with van der Waals surface area (Å²) in [6.07, 6.45) is 10.2. The van der Waals surface area contributed by atoms with E-state index < -0.39 is 11.0 Å². The van der Waals surface area contributed by atoms with Gasteiger partial charge in [0.15, 0.2) is 11.4 Å². The van der Waals surface area contributed by atoms with E-state index in [1.54, 1.807) is 6.92 Å². The predicted molar refractivity (Wildman–Crippen MR) is 126 cm³/mol. The fraction of sp³-hybridized carbons (Fsp3) is 0.741. The van der Waals surface area contributed by atoms with E-state index in [2.05, 4.69) is 26.0 Å². The molecule has 0 aliphatic heterocycles. The fourth-order valence-corrected chi connectivity index (χ4v) is 8.22. The number of fused-ring (bicyclic) bond motifs is 5.